The third-order valence-corrected chi connectivity index (χ3v) is 5.72. The number of aromatic nitrogens is 2. The molecular weight excluding hydrogens is 434 g/mol. The van der Waals surface area contributed by atoms with Gasteiger partial charge in [-0.2, -0.15) is 0 Å². The first-order chi connectivity index (χ1) is 16.6. The molecule has 2 N–H and O–H groups in total. The lowest BCUT2D eigenvalue weighted by atomic mass is 9.99. The molecular formula is C26H27N3O5. The number of nitrogens with zero attached hydrogens (tertiary/aromatic N) is 2. The van der Waals surface area contributed by atoms with Crippen molar-refractivity contribution in [1.82, 2.24) is 9.38 Å². The number of nitrogens with one attached hydrogen (secondary N) is 1. The Morgan fingerprint density at radius 2 is 1.79 bits per heavy atom. The molecule has 0 radical (unpaired) electrons. The highest BCUT2D eigenvalue weighted by Gasteiger charge is 2.21. The highest BCUT2D eigenvalue weighted by molar-refractivity contribution is 5.84. The number of anilines is 2. The first kappa shape index (κ1) is 21.9. The van der Waals surface area contributed by atoms with E-state index in [9.17, 15) is 0 Å². The van der Waals surface area contributed by atoms with Crippen LogP contribution in [0.15, 0.2) is 48.5 Å². The van der Waals surface area contributed by atoms with Crippen molar-refractivity contribution in [2.45, 2.75) is 13.8 Å². The molecule has 0 bridgehead atoms. The van der Waals surface area contributed by atoms with Crippen LogP contribution in [0.25, 0.3) is 16.9 Å². The minimum absolute atomic E-state index is 0.0321. The smallest absolute Gasteiger partial charge is 0.200 e. The quantitative estimate of drug-likeness (QED) is 0.419. The van der Waals surface area contributed by atoms with Gasteiger partial charge in [0.15, 0.2) is 11.5 Å². The molecule has 4 aromatic rings. The van der Waals surface area contributed by atoms with Crippen LogP contribution >= 0.6 is 0 Å². The van der Waals surface area contributed by atoms with Crippen molar-refractivity contribution >= 4 is 17.2 Å². The van der Waals surface area contributed by atoms with E-state index in [0.717, 1.165) is 51.0 Å². The van der Waals surface area contributed by atoms with Gasteiger partial charge >= 0.3 is 0 Å². The minimum Gasteiger partial charge on any atom is -0.491 e. The van der Waals surface area contributed by atoms with Crippen molar-refractivity contribution in [2.24, 2.45) is 0 Å². The Labute approximate surface area is 197 Å². The van der Waals surface area contributed by atoms with E-state index >= 15 is 0 Å². The van der Waals surface area contributed by atoms with Gasteiger partial charge < -0.3 is 29.4 Å². The summed E-state index contributed by atoms with van der Waals surface area (Å²) in [4.78, 5) is 4.97. The summed E-state index contributed by atoms with van der Waals surface area (Å²) in [5.74, 6) is 3.60. The number of ether oxygens (including phenoxy) is 4. The average molecular weight is 462 g/mol. The Hall–Kier alpha value is -3.91. The summed E-state index contributed by atoms with van der Waals surface area (Å²) in [5.41, 5.74) is 5.43. The molecule has 5 rings (SSSR count). The molecule has 2 aromatic carbocycles. The third kappa shape index (κ3) is 3.97. The molecule has 1 aliphatic rings. The molecule has 0 aliphatic carbocycles. The van der Waals surface area contributed by atoms with E-state index in [2.05, 4.69) is 5.32 Å². The first-order valence-electron chi connectivity index (χ1n) is 11.2. The fourth-order valence-corrected chi connectivity index (χ4v) is 4.31. The van der Waals surface area contributed by atoms with Gasteiger partial charge in [-0.3, -0.25) is 0 Å². The molecule has 176 valence electrons. The molecule has 8 heteroatoms. The van der Waals surface area contributed by atoms with Gasteiger partial charge in [-0.05, 0) is 61.4 Å². The monoisotopic (exact) mass is 461 g/mol. The van der Waals surface area contributed by atoms with Crippen LogP contribution in [0.3, 0.4) is 0 Å². The molecule has 0 saturated carbocycles. The zero-order valence-corrected chi connectivity index (χ0v) is 19.4. The predicted molar refractivity (Wildman–Crippen MR) is 130 cm³/mol. The zero-order valence-electron chi connectivity index (χ0n) is 19.4. The third-order valence-electron chi connectivity index (χ3n) is 5.72. The molecule has 0 saturated heterocycles. The number of imidazole rings is 1. The van der Waals surface area contributed by atoms with Gasteiger partial charge in [0.2, 0.25) is 5.88 Å². The Morgan fingerprint density at radius 3 is 2.53 bits per heavy atom. The van der Waals surface area contributed by atoms with Crippen molar-refractivity contribution in [3.05, 3.63) is 59.7 Å². The van der Waals surface area contributed by atoms with Crippen molar-refractivity contribution in [1.29, 1.82) is 0 Å². The molecule has 3 heterocycles. The molecule has 0 fully saturated rings. The van der Waals surface area contributed by atoms with Gasteiger partial charge in [-0.15, -0.1) is 0 Å². The summed E-state index contributed by atoms with van der Waals surface area (Å²) in [6.07, 6.45) is 0. The van der Waals surface area contributed by atoms with E-state index in [0.29, 0.717) is 24.8 Å². The van der Waals surface area contributed by atoms with Crippen molar-refractivity contribution in [3.63, 3.8) is 0 Å². The number of hydrogen-bond acceptors (Lipinski definition) is 7. The molecule has 34 heavy (non-hydrogen) atoms. The maximum Gasteiger partial charge on any atom is 0.200 e. The highest BCUT2D eigenvalue weighted by atomic mass is 16.6. The predicted octanol–water partition coefficient (Wildman–Crippen LogP) is 4.51. The minimum atomic E-state index is -0.0321. The SMILES string of the molecule is COc1cccc2nc(-c3c(C)cc(OCCO)cc3C)c(Nc3ccc4c(c3)OCCO4)n12. The van der Waals surface area contributed by atoms with Crippen LogP contribution in [0.2, 0.25) is 0 Å². The van der Waals surface area contributed by atoms with E-state index in [4.69, 9.17) is 29.0 Å². The van der Waals surface area contributed by atoms with Crippen LogP contribution in [0.4, 0.5) is 11.5 Å². The summed E-state index contributed by atoms with van der Waals surface area (Å²) >= 11 is 0. The second-order valence-electron chi connectivity index (χ2n) is 8.06. The molecule has 0 atom stereocenters. The van der Waals surface area contributed by atoms with Gasteiger partial charge in [0, 0.05) is 17.3 Å². The van der Waals surface area contributed by atoms with Gasteiger partial charge in [-0.25, -0.2) is 9.38 Å². The lowest BCUT2D eigenvalue weighted by molar-refractivity contribution is 0.171. The van der Waals surface area contributed by atoms with Crippen molar-refractivity contribution in [2.75, 3.05) is 38.9 Å². The van der Waals surface area contributed by atoms with Crippen molar-refractivity contribution < 1.29 is 24.1 Å². The van der Waals surface area contributed by atoms with E-state index < -0.39 is 0 Å². The summed E-state index contributed by atoms with van der Waals surface area (Å²) in [6, 6.07) is 15.5. The number of fused-ring (bicyclic) bond motifs is 2. The number of benzene rings is 2. The average Bonchev–Trinajstić information content (AvgIpc) is 3.20. The highest BCUT2D eigenvalue weighted by Crippen LogP contribution is 2.40. The fraction of sp³-hybridized carbons (Fsp3) is 0.269. The number of hydrogen-bond donors (Lipinski definition) is 2. The summed E-state index contributed by atoms with van der Waals surface area (Å²) in [5, 5.41) is 12.6. The summed E-state index contributed by atoms with van der Waals surface area (Å²) < 4.78 is 24.7. The first-order valence-corrected chi connectivity index (χ1v) is 11.2. The molecule has 0 unspecified atom stereocenters. The van der Waals surface area contributed by atoms with Gasteiger partial charge in [-0.1, -0.05) is 6.07 Å². The number of rotatable bonds is 7. The Kier molecular flexibility index (Phi) is 5.90. The Balaban J connectivity index is 1.66. The largest absolute Gasteiger partial charge is 0.491 e. The molecule has 0 spiro atoms. The summed E-state index contributed by atoms with van der Waals surface area (Å²) in [6.45, 7) is 5.35. The second kappa shape index (κ2) is 9.15. The van der Waals surface area contributed by atoms with Gasteiger partial charge in [0.05, 0.1) is 13.7 Å². The lowest BCUT2D eigenvalue weighted by Gasteiger charge is -2.20. The Morgan fingerprint density at radius 1 is 1.03 bits per heavy atom. The lowest BCUT2D eigenvalue weighted by Crippen LogP contribution is -2.15. The standard InChI is InChI=1S/C26H27N3O5/c1-16-13-19(32-10-9-30)14-17(2)24(16)25-26(29-22(28-25)5-4-6-23(29)31-3)27-18-7-8-20-21(15-18)34-12-11-33-20/h4-8,13-15,27,30H,9-12H2,1-3H3. The number of aliphatic hydroxyl groups is 1. The normalized spacial score (nSPS) is 12.6. The van der Waals surface area contributed by atoms with E-state index in [1.165, 1.54) is 0 Å². The maximum atomic E-state index is 9.10. The maximum absolute atomic E-state index is 9.10. The van der Waals surface area contributed by atoms with Crippen LogP contribution in [0.5, 0.6) is 23.1 Å². The van der Waals surface area contributed by atoms with E-state index in [1.807, 2.05) is 66.8 Å². The molecule has 8 nitrogen and oxygen atoms in total. The van der Waals surface area contributed by atoms with Crippen molar-refractivity contribution in [3.8, 4) is 34.4 Å². The van der Waals surface area contributed by atoms with Crippen LogP contribution in [-0.2, 0) is 0 Å². The number of methoxy groups -OCH3 is 1. The van der Waals surface area contributed by atoms with Gasteiger partial charge in [0.25, 0.3) is 0 Å². The fourth-order valence-electron chi connectivity index (χ4n) is 4.31. The number of aryl methyl sites for hydroxylation is 2. The number of pyridine rings is 1. The molecule has 0 amide bonds. The van der Waals surface area contributed by atoms with Crippen LogP contribution in [0, 0.1) is 13.8 Å². The molecule has 2 aromatic heterocycles. The summed E-state index contributed by atoms with van der Waals surface area (Å²) in [7, 11) is 1.64. The Bertz CT molecular complexity index is 1330. The van der Waals surface area contributed by atoms with Crippen LogP contribution < -0.4 is 24.3 Å². The van der Waals surface area contributed by atoms with Crippen LogP contribution in [-0.4, -0.2) is 48.0 Å². The van der Waals surface area contributed by atoms with E-state index in [1.54, 1.807) is 7.11 Å². The van der Waals surface area contributed by atoms with Gasteiger partial charge in [0.1, 0.15) is 42.7 Å². The molecule has 1 aliphatic heterocycles. The van der Waals surface area contributed by atoms with E-state index in [-0.39, 0.29) is 13.2 Å². The second-order valence-corrected chi connectivity index (χ2v) is 8.06. The zero-order chi connectivity index (χ0) is 23.7. The van der Waals surface area contributed by atoms with Crippen LogP contribution in [0.1, 0.15) is 11.1 Å². The number of aliphatic hydroxyl groups excluding tert-OH is 1. The topological polar surface area (TPSA) is 86.5 Å².